The molecule has 2 aromatic carbocycles. The lowest BCUT2D eigenvalue weighted by atomic mass is 9.87. The van der Waals surface area contributed by atoms with Gasteiger partial charge in [-0.05, 0) is 47.4 Å². The van der Waals surface area contributed by atoms with Crippen LogP contribution in [0.4, 0.5) is 0 Å². The highest BCUT2D eigenvalue weighted by atomic mass is 35.5. The van der Waals surface area contributed by atoms with Crippen molar-refractivity contribution in [3.63, 3.8) is 0 Å². The Morgan fingerprint density at radius 3 is 2.28 bits per heavy atom. The SMILES string of the molecule is CC(C)(C)c1ccc(OCC(O)CNC(=O)c2ccc(Cl)cc2)cc1. The van der Waals surface area contributed by atoms with Gasteiger partial charge in [-0.2, -0.15) is 0 Å². The molecule has 0 radical (unpaired) electrons. The van der Waals surface area contributed by atoms with E-state index in [0.29, 0.717) is 16.3 Å². The van der Waals surface area contributed by atoms with E-state index in [4.69, 9.17) is 16.3 Å². The zero-order valence-corrected chi connectivity index (χ0v) is 15.5. The van der Waals surface area contributed by atoms with Gasteiger partial charge >= 0.3 is 0 Å². The first kappa shape index (κ1) is 19.3. The van der Waals surface area contributed by atoms with Crippen LogP contribution in [0.3, 0.4) is 0 Å². The summed E-state index contributed by atoms with van der Waals surface area (Å²) < 4.78 is 5.57. The van der Waals surface area contributed by atoms with Crippen LogP contribution in [0.1, 0.15) is 36.7 Å². The number of carbonyl (C=O) groups is 1. The average molecular weight is 362 g/mol. The van der Waals surface area contributed by atoms with Gasteiger partial charge in [0.2, 0.25) is 0 Å². The minimum atomic E-state index is -0.793. The number of carbonyl (C=O) groups excluding carboxylic acids is 1. The Morgan fingerprint density at radius 1 is 1.12 bits per heavy atom. The van der Waals surface area contributed by atoms with Crippen LogP contribution in [0.25, 0.3) is 0 Å². The van der Waals surface area contributed by atoms with E-state index in [-0.39, 0.29) is 24.5 Å². The molecule has 0 saturated carbocycles. The molecule has 0 aliphatic heterocycles. The maximum Gasteiger partial charge on any atom is 0.251 e. The number of ether oxygens (including phenoxy) is 1. The van der Waals surface area contributed by atoms with Gasteiger partial charge < -0.3 is 15.2 Å². The second-order valence-electron chi connectivity index (χ2n) is 6.96. The third kappa shape index (κ3) is 6.07. The van der Waals surface area contributed by atoms with Gasteiger partial charge in [-0.25, -0.2) is 0 Å². The zero-order valence-electron chi connectivity index (χ0n) is 14.8. The fourth-order valence-electron chi connectivity index (χ4n) is 2.22. The largest absolute Gasteiger partial charge is 0.491 e. The monoisotopic (exact) mass is 361 g/mol. The summed E-state index contributed by atoms with van der Waals surface area (Å²) in [5.74, 6) is 0.432. The highest BCUT2D eigenvalue weighted by molar-refractivity contribution is 6.30. The molecule has 25 heavy (non-hydrogen) atoms. The van der Waals surface area contributed by atoms with Crippen LogP contribution in [0.5, 0.6) is 5.75 Å². The average Bonchev–Trinajstić information content (AvgIpc) is 2.58. The van der Waals surface area contributed by atoms with Crippen molar-refractivity contribution in [2.45, 2.75) is 32.3 Å². The first-order valence-electron chi connectivity index (χ1n) is 8.21. The third-order valence-electron chi connectivity index (χ3n) is 3.77. The van der Waals surface area contributed by atoms with E-state index in [1.54, 1.807) is 24.3 Å². The molecule has 0 saturated heterocycles. The van der Waals surface area contributed by atoms with E-state index >= 15 is 0 Å². The second-order valence-corrected chi connectivity index (χ2v) is 7.39. The maximum atomic E-state index is 12.0. The van der Waals surface area contributed by atoms with Crippen molar-refractivity contribution in [1.29, 1.82) is 0 Å². The van der Waals surface area contributed by atoms with Crippen LogP contribution in [0, 0.1) is 0 Å². The Balaban J connectivity index is 1.77. The normalized spacial score (nSPS) is 12.5. The van der Waals surface area contributed by atoms with Crippen molar-refractivity contribution in [1.82, 2.24) is 5.32 Å². The van der Waals surface area contributed by atoms with Crippen molar-refractivity contribution in [3.8, 4) is 5.75 Å². The van der Waals surface area contributed by atoms with Crippen LogP contribution in [-0.4, -0.2) is 30.3 Å². The van der Waals surface area contributed by atoms with E-state index in [1.807, 2.05) is 24.3 Å². The topological polar surface area (TPSA) is 58.6 Å². The molecule has 0 aliphatic carbocycles. The summed E-state index contributed by atoms with van der Waals surface area (Å²) in [6, 6.07) is 14.4. The molecule has 1 amide bonds. The zero-order chi connectivity index (χ0) is 18.4. The van der Waals surface area contributed by atoms with Crippen molar-refractivity contribution >= 4 is 17.5 Å². The first-order valence-corrected chi connectivity index (χ1v) is 8.58. The second kappa shape index (κ2) is 8.37. The smallest absolute Gasteiger partial charge is 0.251 e. The van der Waals surface area contributed by atoms with Gasteiger partial charge in [0, 0.05) is 17.1 Å². The van der Waals surface area contributed by atoms with E-state index in [1.165, 1.54) is 5.56 Å². The number of aliphatic hydroxyl groups excluding tert-OH is 1. The summed E-state index contributed by atoms with van der Waals surface area (Å²) in [6.07, 6.45) is -0.793. The molecular formula is C20H24ClNO3. The molecule has 0 aromatic heterocycles. The standard InChI is InChI=1S/C20H24ClNO3/c1-20(2,3)15-6-10-18(11-7-15)25-13-17(23)12-22-19(24)14-4-8-16(21)9-5-14/h4-11,17,23H,12-13H2,1-3H3,(H,22,24). The lowest BCUT2D eigenvalue weighted by Gasteiger charge is -2.19. The number of hydrogen-bond acceptors (Lipinski definition) is 3. The number of nitrogens with one attached hydrogen (secondary N) is 1. The molecule has 1 unspecified atom stereocenters. The molecular weight excluding hydrogens is 338 g/mol. The molecule has 5 heteroatoms. The van der Waals surface area contributed by atoms with Gasteiger partial charge in [0.1, 0.15) is 18.5 Å². The van der Waals surface area contributed by atoms with Gasteiger partial charge in [-0.1, -0.05) is 44.5 Å². The number of rotatable bonds is 6. The van der Waals surface area contributed by atoms with E-state index < -0.39 is 6.10 Å². The Bertz CT molecular complexity index is 690. The van der Waals surface area contributed by atoms with E-state index in [9.17, 15) is 9.90 Å². The molecule has 0 fully saturated rings. The Kier molecular flexibility index (Phi) is 6.45. The maximum absolute atomic E-state index is 12.0. The highest BCUT2D eigenvalue weighted by Gasteiger charge is 2.14. The van der Waals surface area contributed by atoms with Crippen molar-refractivity contribution in [2.24, 2.45) is 0 Å². The minimum Gasteiger partial charge on any atom is -0.491 e. The molecule has 2 N–H and O–H groups in total. The molecule has 0 spiro atoms. The Hall–Kier alpha value is -2.04. The van der Waals surface area contributed by atoms with Crippen LogP contribution >= 0.6 is 11.6 Å². The fourth-order valence-corrected chi connectivity index (χ4v) is 2.34. The molecule has 1 atom stereocenters. The van der Waals surface area contributed by atoms with Crippen molar-refractivity contribution in [2.75, 3.05) is 13.2 Å². The molecule has 0 aliphatic rings. The van der Waals surface area contributed by atoms with Crippen LogP contribution in [-0.2, 0) is 5.41 Å². The Morgan fingerprint density at radius 2 is 1.72 bits per heavy atom. The lowest BCUT2D eigenvalue weighted by molar-refractivity contribution is 0.0843. The molecule has 2 aromatic rings. The van der Waals surface area contributed by atoms with E-state index in [0.717, 1.165) is 0 Å². The Labute approximate surface area is 153 Å². The summed E-state index contributed by atoms with van der Waals surface area (Å²) in [5, 5.41) is 13.2. The molecule has 0 bridgehead atoms. The highest BCUT2D eigenvalue weighted by Crippen LogP contribution is 2.24. The van der Waals surface area contributed by atoms with Crippen LogP contribution in [0.15, 0.2) is 48.5 Å². The summed E-state index contributed by atoms with van der Waals surface area (Å²) in [6.45, 7) is 6.67. The fraction of sp³-hybridized carbons (Fsp3) is 0.350. The molecule has 4 nitrogen and oxygen atoms in total. The lowest BCUT2D eigenvalue weighted by Crippen LogP contribution is -2.35. The number of benzene rings is 2. The number of hydrogen-bond donors (Lipinski definition) is 2. The van der Waals surface area contributed by atoms with Crippen LogP contribution < -0.4 is 10.1 Å². The van der Waals surface area contributed by atoms with Gasteiger partial charge in [0.25, 0.3) is 5.91 Å². The molecule has 2 rings (SSSR count). The first-order chi connectivity index (χ1) is 11.8. The summed E-state index contributed by atoms with van der Waals surface area (Å²) in [7, 11) is 0. The van der Waals surface area contributed by atoms with Gasteiger partial charge in [0.05, 0.1) is 0 Å². The summed E-state index contributed by atoms with van der Waals surface area (Å²) in [5.41, 5.74) is 1.80. The number of amides is 1. The number of halogens is 1. The summed E-state index contributed by atoms with van der Waals surface area (Å²) in [4.78, 5) is 12.0. The van der Waals surface area contributed by atoms with Gasteiger partial charge in [-0.15, -0.1) is 0 Å². The summed E-state index contributed by atoms with van der Waals surface area (Å²) >= 11 is 5.79. The molecule has 0 heterocycles. The minimum absolute atomic E-state index is 0.0873. The van der Waals surface area contributed by atoms with E-state index in [2.05, 4.69) is 26.1 Å². The predicted octanol–water partition coefficient (Wildman–Crippen LogP) is 3.81. The predicted molar refractivity (Wildman–Crippen MR) is 100 cm³/mol. The van der Waals surface area contributed by atoms with Crippen molar-refractivity contribution in [3.05, 3.63) is 64.7 Å². The molecule has 134 valence electrons. The van der Waals surface area contributed by atoms with Crippen LogP contribution in [0.2, 0.25) is 5.02 Å². The quantitative estimate of drug-likeness (QED) is 0.822. The van der Waals surface area contributed by atoms with Gasteiger partial charge in [0.15, 0.2) is 0 Å². The van der Waals surface area contributed by atoms with Gasteiger partial charge in [-0.3, -0.25) is 4.79 Å². The third-order valence-corrected chi connectivity index (χ3v) is 4.02. The van der Waals surface area contributed by atoms with Crippen molar-refractivity contribution < 1.29 is 14.6 Å². The number of aliphatic hydroxyl groups is 1.